The molecular weight excluding hydrogens is 363 g/mol. The lowest BCUT2D eigenvalue weighted by Crippen LogP contribution is -2.39. The summed E-state index contributed by atoms with van der Waals surface area (Å²) in [4.78, 5) is 17.4. The minimum atomic E-state index is -0.236. The molecule has 3 aromatic carbocycles. The van der Waals surface area contributed by atoms with Gasteiger partial charge in [0.25, 0.3) is 0 Å². The van der Waals surface area contributed by atoms with E-state index in [4.69, 9.17) is 0 Å². The van der Waals surface area contributed by atoms with Crippen LogP contribution in [0.5, 0.6) is 0 Å². The van der Waals surface area contributed by atoms with Gasteiger partial charge < -0.3 is 4.90 Å². The van der Waals surface area contributed by atoms with Crippen molar-refractivity contribution < 1.29 is 9.18 Å². The maximum absolute atomic E-state index is 13.3. The molecule has 4 heteroatoms. The van der Waals surface area contributed by atoms with Crippen LogP contribution in [0.2, 0.25) is 0 Å². The molecule has 0 unspecified atom stereocenters. The third kappa shape index (κ3) is 4.72. The Bertz CT molecular complexity index is 889. The van der Waals surface area contributed by atoms with E-state index in [9.17, 15) is 9.18 Å². The van der Waals surface area contributed by atoms with E-state index in [1.54, 1.807) is 12.1 Å². The summed E-state index contributed by atoms with van der Waals surface area (Å²) < 4.78 is 13.2. The number of hydrogen-bond acceptors (Lipinski definition) is 2. The zero-order chi connectivity index (χ0) is 20.1. The van der Waals surface area contributed by atoms with E-state index >= 15 is 0 Å². The van der Waals surface area contributed by atoms with Crippen LogP contribution < -0.4 is 0 Å². The van der Waals surface area contributed by atoms with Crippen molar-refractivity contribution in [2.75, 3.05) is 19.6 Å². The van der Waals surface area contributed by atoms with Gasteiger partial charge in [0, 0.05) is 19.6 Å². The second-order valence-electron chi connectivity index (χ2n) is 7.50. The van der Waals surface area contributed by atoms with Crippen LogP contribution in [0.15, 0.2) is 84.9 Å². The average molecular weight is 388 g/mol. The summed E-state index contributed by atoms with van der Waals surface area (Å²) in [6, 6.07) is 26.9. The molecule has 1 amide bonds. The van der Waals surface area contributed by atoms with Gasteiger partial charge in [0.1, 0.15) is 5.82 Å². The van der Waals surface area contributed by atoms with Crippen molar-refractivity contribution in [1.29, 1.82) is 0 Å². The smallest absolute Gasteiger partial charge is 0.237 e. The van der Waals surface area contributed by atoms with Crippen molar-refractivity contribution in [2.24, 2.45) is 0 Å². The van der Waals surface area contributed by atoms with Gasteiger partial charge in [-0.3, -0.25) is 9.69 Å². The van der Waals surface area contributed by atoms with Crippen molar-refractivity contribution in [1.82, 2.24) is 9.80 Å². The highest BCUT2D eigenvalue weighted by Gasteiger charge is 2.29. The summed E-state index contributed by atoms with van der Waals surface area (Å²) in [6.07, 6.45) is 0.906. The second-order valence-corrected chi connectivity index (χ2v) is 7.50. The molecule has 1 aliphatic heterocycles. The van der Waals surface area contributed by atoms with Crippen LogP contribution in [0, 0.1) is 5.82 Å². The topological polar surface area (TPSA) is 23.6 Å². The molecule has 1 fully saturated rings. The zero-order valence-corrected chi connectivity index (χ0v) is 16.4. The highest BCUT2D eigenvalue weighted by Crippen LogP contribution is 2.30. The molecule has 1 saturated heterocycles. The van der Waals surface area contributed by atoms with Gasteiger partial charge in [0.15, 0.2) is 0 Å². The monoisotopic (exact) mass is 388 g/mol. The van der Waals surface area contributed by atoms with E-state index in [-0.39, 0.29) is 17.8 Å². The van der Waals surface area contributed by atoms with E-state index in [1.165, 1.54) is 12.1 Å². The number of halogens is 1. The van der Waals surface area contributed by atoms with E-state index < -0.39 is 0 Å². The molecule has 4 rings (SSSR count). The van der Waals surface area contributed by atoms with Crippen molar-refractivity contribution >= 4 is 5.91 Å². The first-order valence-electron chi connectivity index (χ1n) is 10.1. The predicted molar refractivity (Wildman–Crippen MR) is 113 cm³/mol. The van der Waals surface area contributed by atoms with E-state index in [2.05, 4.69) is 29.2 Å². The molecule has 0 aromatic heterocycles. The first-order valence-corrected chi connectivity index (χ1v) is 10.1. The summed E-state index contributed by atoms with van der Waals surface area (Å²) >= 11 is 0. The zero-order valence-electron chi connectivity index (χ0n) is 16.4. The number of benzene rings is 3. The Labute approximate surface area is 171 Å². The number of rotatable bonds is 5. The molecule has 0 saturated carbocycles. The van der Waals surface area contributed by atoms with Crippen LogP contribution in [0.3, 0.4) is 0 Å². The summed E-state index contributed by atoms with van der Waals surface area (Å²) in [5.41, 5.74) is 3.27. The van der Waals surface area contributed by atoms with Crippen LogP contribution in [0.25, 0.3) is 0 Å². The third-order valence-electron chi connectivity index (χ3n) is 5.41. The molecule has 0 spiro atoms. The Kier molecular flexibility index (Phi) is 6.01. The minimum Gasteiger partial charge on any atom is -0.330 e. The van der Waals surface area contributed by atoms with Crippen LogP contribution in [-0.4, -0.2) is 35.3 Å². The van der Waals surface area contributed by atoms with Crippen molar-refractivity contribution in [3.05, 3.63) is 107 Å². The summed E-state index contributed by atoms with van der Waals surface area (Å²) in [5.74, 6) is -0.109. The molecule has 0 atom stereocenters. The fraction of sp³-hybridized carbons (Fsp3) is 0.240. The maximum atomic E-state index is 13.3. The van der Waals surface area contributed by atoms with Gasteiger partial charge in [-0.05, 0) is 35.2 Å². The van der Waals surface area contributed by atoms with Gasteiger partial charge in [0.05, 0.1) is 12.6 Å². The third-order valence-corrected chi connectivity index (χ3v) is 5.41. The lowest BCUT2D eigenvalue weighted by molar-refractivity contribution is -0.132. The average Bonchev–Trinajstić information content (AvgIpc) is 2.93. The summed E-state index contributed by atoms with van der Waals surface area (Å²) in [5, 5.41) is 0. The molecule has 0 bridgehead atoms. The molecule has 0 radical (unpaired) electrons. The summed E-state index contributed by atoms with van der Waals surface area (Å²) in [6.45, 7) is 2.58. The Morgan fingerprint density at radius 3 is 1.97 bits per heavy atom. The minimum absolute atomic E-state index is 0.0873. The lowest BCUT2D eigenvalue weighted by atomic mass is 9.97. The molecule has 3 aromatic rings. The van der Waals surface area contributed by atoms with Crippen molar-refractivity contribution in [2.45, 2.75) is 19.0 Å². The number of hydrogen-bond donors (Lipinski definition) is 0. The van der Waals surface area contributed by atoms with Crippen molar-refractivity contribution in [3.8, 4) is 0 Å². The predicted octanol–water partition coefficient (Wildman–Crippen LogP) is 4.65. The lowest BCUT2D eigenvalue weighted by Gasteiger charge is -2.32. The van der Waals surface area contributed by atoms with E-state index in [0.29, 0.717) is 19.6 Å². The fourth-order valence-electron chi connectivity index (χ4n) is 4.03. The van der Waals surface area contributed by atoms with Gasteiger partial charge in [0.2, 0.25) is 5.91 Å². The maximum Gasteiger partial charge on any atom is 0.237 e. The highest BCUT2D eigenvalue weighted by atomic mass is 19.1. The van der Waals surface area contributed by atoms with Crippen LogP contribution in [0.1, 0.15) is 29.2 Å². The normalized spacial score (nSPS) is 15.5. The van der Waals surface area contributed by atoms with E-state index in [0.717, 1.165) is 29.7 Å². The van der Waals surface area contributed by atoms with Gasteiger partial charge in [-0.2, -0.15) is 0 Å². The SMILES string of the molecule is O=C1CN(Cc2ccc(F)cc2)CCCN1C(c1ccccc1)c1ccccc1. The number of carbonyl (C=O) groups is 1. The summed E-state index contributed by atoms with van der Waals surface area (Å²) in [7, 11) is 0. The van der Waals surface area contributed by atoms with Gasteiger partial charge >= 0.3 is 0 Å². The molecular formula is C25H25FN2O. The van der Waals surface area contributed by atoms with Crippen LogP contribution in [-0.2, 0) is 11.3 Å². The Hall–Kier alpha value is -2.98. The van der Waals surface area contributed by atoms with Gasteiger partial charge in [-0.15, -0.1) is 0 Å². The molecule has 148 valence electrons. The molecule has 29 heavy (non-hydrogen) atoms. The molecule has 0 aliphatic carbocycles. The molecule has 0 N–H and O–H groups in total. The number of carbonyl (C=O) groups excluding carboxylic acids is 1. The Morgan fingerprint density at radius 1 is 0.793 bits per heavy atom. The molecule has 1 aliphatic rings. The van der Waals surface area contributed by atoms with Gasteiger partial charge in [-0.25, -0.2) is 4.39 Å². The second kappa shape index (κ2) is 9.01. The molecule has 3 nitrogen and oxygen atoms in total. The van der Waals surface area contributed by atoms with Crippen molar-refractivity contribution in [3.63, 3.8) is 0 Å². The Balaban J connectivity index is 1.56. The van der Waals surface area contributed by atoms with Gasteiger partial charge in [-0.1, -0.05) is 72.8 Å². The highest BCUT2D eigenvalue weighted by molar-refractivity contribution is 5.79. The van der Waals surface area contributed by atoms with E-state index in [1.807, 2.05) is 41.3 Å². The van der Waals surface area contributed by atoms with Crippen LogP contribution in [0.4, 0.5) is 4.39 Å². The first-order chi connectivity index (χ1) is 14.2. The first kappa shape index (κ1) is 19.3. The Morgan fingerprint density at radius 2 is 1.38 bits per heavy atom. The largest absolute Gasteiger partial charge is 0.330 e. The fourth-order valence-corrected chi connectivity index (χ4v) is 4.03. The standard InChI is InChI=1S/C25H25FN2O/c26-23-14-12-20(13-15-23)18-27-16-7-17-28(24(29)19-27)25(21-8-3-1-4-9-21)22-10-5-2-6-11-22/h1-6,8-15,25H,7,16-19H2. The van der Waals surface area contributed by atoms with Crippen LogP contribution >= 0.6 is 0 Å². The number of nitrogens with zero attached hydrogens (tertiary/aromatic N) is 2. The number of amides is 1. The quantitative estimate of drug-likeness (QED) is 0.635. The molecule has 1 heterocycles.